The van der Waals surface area contributed by atoms with Crippen molar-refractivity contribution in [3.05, 3.63) is 0 Å². The topological polar surface area (TPSA) is 99.2 Å². The number of thioether (sulfide) groups is 1. The van der Waals surface area contributed by atoms with E-state index in [2.05, 4.69) is 5.16 Å². The molecule has 0 amide bonds. The summed E-state index contributed by atoms with van der Waals surface area (Å²) in [6.45, 7) is 2.06. The van der Waals surface area contributed by atoms with E-state index in [1.165, 1.54) is 16.1 Å². The minimum Gasteiger partial charge on any atom is -0.409 e. The largest absolute Gasteiger partial charge is 0.409 e. The van der Waals surface area contributed by atoms with Gasteiger partial charge in [-0.2, -0.15) is 28.8 Å². The zero-order chi connectivity index (χ0) is 14.8. The minimum atomic E-state index is -3.34. The van der Waals surface area contributed by atoms with Gasteiger partial charge in [0.2, 0.25) is 0 Å². The molecule has 0 atom stereocenters. The molecule has 0 radical (unpaired) electrons. The van der Waals surface area contributed by atoms with E-state index in [1.54, 1.807) is 4.31 Å². The average molecular weight is 322 g/mol. The summed E-state index contributed by atoms with van der Waals surface area (Å²) in [5.41, 5.74) is 5.77. The number of nitrogens with two attached hydrogens (primary N) is 1. The normalized spacial score (nSPS) is 25.9. The molecule has 116 valence electrons. The van der Waals surface area contributed by atoms with Gasteiger partial charge in [0.25, 0.3) is 10.2 Å². The maximum absolute atomic E-state index is 12.5. The highest BCUT2D eigenvalue weighted by Gasteiger charge is 2.42. The molecule has 0 spiro atoms. The Morgan fingerprint density at radius 2 is 1.70 bits per heavy atom. The van der Waals surface area contributed by atoms with Crippen molar-refractivity contribution >= 4 is 27.8 Å². The first-order valence-corrected chi connectivity index (χ1v) is 9.37. The van der Waals surface area contributed by atoms with Crippen LogP contribution in [0.4, 0.5) is 0 Å². The summed E-state index contributed by atoms with van der Waals surface area (Å²) in [5.74, 6) is 0.184. The van der Waals surface area contributed by atoms with Gasteiger partial charge in [0.05, 0.1) is 4.75 Å². The van der Waals surface area contributed by atoms with Crippen LogP contribution in [0.1, 0.15) is 25.7 Å². The Balaban J connectivity index is 2.07. The maximum Gasteiger partial charge on any atom is 0.281 e. The number of piperidine rings is 1. The van der Waals surface area contributed by atoms with Crippen molar-refractivity contribution in [1.29, 1.82) is 0 Å². The van der Waals surface area contributed by atoms with Crippen molar-refractivity contribution in [2.45, 2.75) is 30.4 Å². The van der Waals surface area contributed by atoms with Crippen molar-refractivity contribution < 1.29 is 13.6 Å². The first-order chi connectivity index (χ1) is 9.46. The lowest BCUT2D eigenvalue weighted by Gasteiger charge is -2.40. The van der Waals surface area contributed by atoms with Gasteiger partial charge in [-0.3, -0.25) is 0 Å². The lowest BCUT2D eigenvalue weighted by Crippen LogP contribution is -2.53. The first kappa shape index (κ1) is 15.9. The number of nitrogens with zero attached hydrogens (tertiary/aromatic N) is 3. The monoisotopic (exact) mass is 322 g/mol. The van der Waals surface area contributed by atoms with E-state index in [0.29, 0.717) is 39.0 Å². The van der Waals surface area contributed by atoms with E-state index in [1.807, 2.05) is 6.26 Å². The van der Waals surface area contributed by atoms with Crippen LogP contribution in [0.5, 0.6) is 0 Å². The van der Waals surface area contributed by atoms with E-state index in [0.717, 1.165) is 12.8 Å². The van der Waals surface area contributed by atoms with Crippen molar-refractivity contribution in [2.75, 3.05) is 32.4 Å². The molecule has 3 N–H and O–H groups in total. The summed E-state index contributed by atoms with van der Waals surface area (Å²) < 4.78 is 27.6. The second-order valence-corrected chi connectivity index (χ2v) is 8.31. The highest BCUT2D eigenvalue weighted by molar-refractivity contribution is 8.00. The third-order valence-electron chi connectivity index (χ3n) is 4.21. The van der Waals surface area contributed by atoms with Gasteiger partial charge in [-0.1, -0.05) is 5.16 Å². The standard InChI is InChI=1S/C11H22N4O3S2/c1-19-11(10(12)13-16)4-8-15(9-5-11)20(17,18)14-6-2-3-7-14/h16H,2-9H2,1H3,(H2,12,13). The van der Waals surface area contributed by atoms with Crippen LogP contribution < -0.4 is 5.73 Å². The minimum absolute atomic E-state index is 0.184. The zero-order valence-corrected chi connectivity index (χ0v) is 13.3. The van der Waals surface area contributed by atoms with Crippen LogP contribution in [-0.4, -0.2) is 65.3 Å². The number of hydrogen-bond acceptors (Lipinski definition) is 5. The Morgan fingerprint density at radius 1 is 1.20 bits per heavy atom. The average Bonchev–Trinajstić information content (AvgIpc) is 3.01. The third-order valence-corrected chi connectivity index (χ3v) is 7.65. The molecule has 0 aliphatic carbocycles. The van der Waals surface area contributed by atoms with Crippen molar-refractivity contribution in [3.63, 3.8) is 0 Å². The van der Waals surface area contributed by atoms with Crippen LogP contribution >= 0.6 is 11.8 Å². The van der Waals surface area contributed by atoms with Gasteiger partial charge in [-0.05, 0) is 31.9 Å². The Morgan fingerprint density at radius 3 is 2.15 bits per heavy atom. The van der Waals surface area contributed by atoms with E-state index < -0.39 is 15.0 Å². The van der Waals surface area contributed by atoms with Crippen molar-refractivity contribution in [3.8, 4) is 0 Å². The lowest BCUT2D eigenvalue weighted by atomic mass is 9.96. The van der Waals surface area contributed by atoms with Crippen LogP contribution in [0, 0.1) is 0 Å². The molecule has 2 fully saturated rings. The van der Waals surface area contributed by atoms with Crippen LogP contribution in [0.15, 0.2) is 5.16 Å². The number of hydrogen-bond donors (Lipinski definition) is 2. The summed E-state index contributed by atoms with van der Waals surface area (Å²) in [6, 6.07) is 0. The van der Waals surface area contributed by atoms with Crippen molar-refractivity contribution in [2.24, 2.45) is 10.9 Å². The predicted molar refractivity (Wildman–Crippen MR) is 80.2 cm³/mol. The molecule has 20 heavy (non-hydrogen) atoms. The predicted octanol–water partition coefficient (Wildman–Crippen LogP) is 0.271. The quantitative estimate of drug-likeness (QED) is 0.335. The zero-order valence-electron chi connectivity index (χ0n) is 11.7. The van der Waals surface area contributed by atoms with Crippen LogP contribution in [0.25, 0.3) is 0 Å². The number of oxime groups is 1. The molecule has 2 aliphatic rings. The van der Waals surface area contributed by atoms with Gasteiger partial charge in [-0.15, -0.1) is 0 Å². The Kier molecular flexibility index (Phi) is 4.83. The van der Waals surface area contributed by atoms with Gasteiger partial charge >= 0.3 is 0 Å². The number of amidine groups is 1. The summed E-state index contributed by atoms with van der Waals surface area (Å²) in [5, 5.41) is 12.0. The Hall–Kier alpha value is -0.510. The van der Waals surface area contributed by atoms with Crippen molar-refractivity contribution in [1.82, 2.24) is 8.61 Å². The molecule has 2 rings (SSSR count). The molecule has 0 saturated carbocycles. The highest BCUT2D eigenvalue weighted by Crippen LogP contribution is 2.36. The molecule has 2 heterocycles. The number of rotatable bonds is 4. The molecular weight excluding hydrogens is 300 g/mol. The molecule has 0 aromatic heterocycles. The molecular formula is C11H22N4O3S2. The second-order valence-electron chi connectivity index (χ2n) is 5.20. The molecule has 0 aromatic carbocycles. The fourth-order valence-corrected chi connectivity index (χ4v) is 5.35. The summed E-state index contributed by atoms with van der Waals surface area (Å²) in [6.07, 6.45) is 4.91. The van der Waals surface area contributed by atoms with E-state index in [-0.39, 0.29) is 5.84 Å². The molecule has 7 nitrogen and oxygen atoms in total. The summed E-state index contributed by atoms with van der Waals surface area (Å²) in [4.78, 5) is 0. The Bertz CT molecular complexity index is 466. The molecule has 0 aromatic rings. The summed E-state index contributed by atoms with van der Waals surface area (Å²) in [7, 11) is -3.34. The van der Waals surface area contributed by atoms with Gasteiger partial charge in [0, 0.05) is 26.2 Å². The smallest absolute Gasteiger partial charge is 0.281 e. The molecule has 0 unspecified atom stereocenters. The fraction of sp³-hybridized carbons (Fsp3) is 0.909. The summed E-state index contributed by atoms with van der Waals surface area (Å²) >= 11 is 1.52. The van der Waals surface area contributed by atoms with Crippen LogP contribution in [0.2, 0.25) is 0 Å². The van der Waals surface area contributed by atoms with E-state index >= 15 is 0 Å². The first-order valence-electron chi connectivity index (χ1n) is 6.75. The SMILES string of the molecule is CSC1(C(N)=NO)CCN(S(=O)(=O)N2CCCC2)CC1. The molecule has 2 saturated heterocycles. The lowest BCUT2D eigenvalue weighted by molar-refractivity contribution is 0.290. The highest BCUT2D eigenvalue weighted by atomic mass is 32.2. The van der Waals surface area contributed by atoms with Gasteiger partial charge in [0.1, 0.15) is 0 Å². The molecule has 2 aliphatic heterocycles. The molecule has 0 bridgehead atoms. The Labute approximate surface area is 124 Å². The fourth-order valence-electron chi connectivity index (χ4n) is 2.82. The van der Waals surface area contributed by atoms with Crippen LogP contribution in [-0.2, 0) is 10.2 Å². The van der Waals surface area contributed by atoms with E-state index in [4.69, 9.17) is 10.9 Å². The van der Waals surface area contributed by atoms with Gasteiger partial charge in [-0.25, -0.2) is 0 Å². The van der Waals surface area contributed by atoms with Gasteiger partial charge in [0.15, 0.2) is 5.84 Å². The second kappa shape index (κ2) is 6.08. The molecule has 9 heteroatoms. The van der Waals surface area contributed by atoms with E-state index in [9.17, 15) is 8.42 Å². The maximum atomic E-state index is 12.5. The van der Waals surface area contributed by atoms with Gasteiger partial charge < -0.3 is 10.9 Å². The van der Waals surface area contributed by atoms with Crippen LogP contribution in [0.3, 0.4) is 0 Å². The third kappa shape index (κ3) is 2.76.